The molecule has 0 saturated carbocycles. The molecule has 24 heavy (non-hydrogen) atoms. The van der Waals surface area contributed by atoms with Gasteiger partial charge in [0.15, 0.2) is 6.04 Å². The third-order valence-corrected chi connectivity index (χ3v) is 5.68. The zero-order valence-electron chi connectivity index (χ0n) is 13.0. The molecule has 6 nitrogen and oxygen atoms in total. The first-order valence-electron chi connectivity index (χ1n) is 7.51. The van der Waals surface area contributed by atoms with Gasteiger partial charge in [-0.15, -0.1) is 0 Å². The highest BCUT2D eigenvalue weighted by Gasteiger charge is 2.48. The van der Waals surface area contributed by atoms with Crippen molar-refractivity contribution in [1.29, 1.82) is 0 Å². The Bertz CT molecular complexity index is 850. The number of fused-ring (bicyclic) bond motifs is 1. The first-order valence-corrected chi connectivity index (χ1v) is 8.95. The minimum absolute atomic E-state index is 0.0446. The van der Waals surface area contributed by atoms with E-state index in [-0.39, 0.29) is 17.2 Å². The summed E-state index contributed by atoms with van der Waals surface area (Å²) in [6.45, 7) is 1.72. The molecule has 2 atom stereocenters. The Morgan fingerprint density at radius 1 is 1.12 bits per heavy atom. The summed E-state index contributed by atoms with van der Waals surface area (Å²) in [5.41, 5.74) is 0.668. The highest BCUT2D eigenvalue weighted by Crippen LogP contribution is 2.43. The van der Waals surface area contributed by atoms with Crippen LogP contribution in [0, 0.1) is 0 Å². The fourth-order valence-electron chi connectivity index (χ4n) is 2.82. The monoisotopic (exact) mass is 347 g/mol. The molecule has 0 amide bonds. The molecule has 0 aliphatic carbocycles. The molecule has 0 radical (unpaired) electrons. The molecule has 0 fully saturated rings. The SMILES string of the molecule is CCOC(=O)[C@H]1[C@H](O)c2ccccc2N1S(=O)(=O)c1ccccc1. The predicted molar refractivity (Wildman–Crippen MR) is 87.9 cm³/mol. The predicted octanol–water partition coefficient (Wildman–Crippen LogP) is 1.86. The van der Waals surface area contributed by atoms with Gasteiger partial charge in [0.25, 0.3) is 10.0 Å². The molecule has 0 bridgehead atoms. The second kappa shape index (κ2) is 6.26. The lowest BCUT2D eigenvalue weighted by atomic mass is 10.1. The van der Waals surface area contributed by atoms with E-state index in [9.17, 15) is 18.3 Å². The Balaban J connectivity index is 2.16. The number of carbonyl (C=O) groups is 1. The number of benzene rings is 2. The zero-order chi connectivity index (χ0) is 17.3. The number of hydrogen-bond acceptors (Lipinski definition) is 5. The molecule has 2 aromatic carbocycles. The number of hydrogen-bond donors (Lipinski definition) is 1. The van der Waals surface area contributed by atoms with E-state index in [0.717, 1.165) is 4.31 Å². The van der Waals surface area contributed by atoms with Crippen molar-refractivity contribution in [1.82, 2.24) is 0 Å². The van der Waals surface area contributed by atoms with Crippen molar-refractivity contribution in [3.8, 4) is 0 Å². The van der Waals surface area contributed by atoms with Gasteiger partial charge in [-0.05, 0) is 25.1 Å². The number of anilines is 1. The Morgan fingerprint density at radius 2 is 1.75 bits per heavy atom. The number of rotatable bonds is 4. The van der Waals surface area contributed by atoms with E-state index >= 15 is 0 Å². The number of esters is 1. The van der Waals surface area contributed by atoms with Crippen molar-refractivity contribution in [2.24, 2.45) is 0 Å². The number of aliphatic hydroxyl groups is 1. The average molecular weight is 347 g/mol. The smallest absolute Gasteiger partial charge is 0.333 e. The van der Waals surface area contributed by atoms with E-state index in [1.54, 1.807) is 49.4 Å². The number of carbonyl (C=O) groups excluding carboxylic acids is 1. The Labute approximate surface area is 140 Å². The molecule has 0 saturated heterocycles. The van der Waals surface area contributed by atoms with Crippen molar-refractivity contribution in [2.75, 3.05) is 10.9 Å². The van der Waals surface area contributed by atoms with E-state index in [4.69, 9.17) is 4.74 Å². The third-order valence-electron chi connectivity index (χ3n) is 3.87. The lowest BCUT2D eigenvalue weighted by molar-refractivity contribution is -0.146. The summed E-state index contributed by atoms with van der Waals surface area (Å²) in [4.78, 5) is 12.4. The number of sulfonamides is 1. The number of ether oxygens (including phenoxy) is 1. The minimum Gasteiger partial charge on any atom is -0.464 e. The second-order valence-corrected chi connectivity index (χ2v) is 7.13. The highest BCUT2D eigenvalue weighted by atomic mass is 32.2. The van der Waals surface area contributed by atoms with Crippen LogP contribution in [-0.2, 0) is 19.6 Å². The molecule has 1 heterocycles. The molecule has 7 heteroatoms. The van der Waals surface area contributed by atoms with E-state index < -0.39 is 28.1 Å². The van der Waals surface area contributed by atoms with Crippen molar-refractivity contribution in [3.63, 3.8) is 0 Å². The van der Waals surface area contributed by atoms with Crippen molar-refractivity contribution in [2.45, 2.75) is 24.0 Å². The average Bonchev–Trinajstić information content (AvgIpc) is 2.90. The lowest BCUT2D eigenvalue weighted by Gasteiger charge is -2.26. The number of nitrogens with zero attached hydrogens (tertiary/aromatic N) is 1. The minimum atomic E-state index is -4.03. The molecule has 1 aliphatic rings. The fourth-order valence-corrected chi connectivity index (χ4v) is 4.48. The van der Waals surface area contributed by atoms with Gasteiger partial charge in [-0.25, -0.2) is 17.5 Å². The molecule has 3 rings (SSSR count). The van der Waals surface area contributed by atoms with E-state index in [0.29, 0.717) is 5.56 Å². The van der Waals surface area contributed by atoms with Gasteiger partial charge in [0.2, 0.25) is 0 Å². The summed E-state index contributed by atoms with van der Waals surface area (Å²) >= 11 is 0. The summed E-state index contributed by atoms with van der Waals surface area (Å²) in [5.74, 6) is -0.777. The van der Waals surface area contributed by atoms with Gasteiger partial charge < -0.3 is 9.84 Å². The number of aliphatic hydroxyl groups excluding tert-OH is 1. The summed E-state index contributed by atoms with van der Waals surface area (Å²) in [5, 5.41) is 10.5. The molecule has 1 N–H and O–H groups in total. The van der Waals surface area contributed by atoms with E-state index in [2.05, 4.69) is 0 Å². The van der Waals surface area contributed by atoms with Crippen molar-refractivity contribution < 1.29 is 23.1 Å². The Kier molecular flexibility index (Phi) is 4.29. The van der Waals surface area contributed by atoms with E-state index in [1.807, 2.05) is 0 Å². The first-order chi connectivity index (χ1) is 11.5. The summed E-state index contributed by atoms with van der Waals surface area (Å²) in [6, 6.07) is 13.0. The van der Waals surface area contributed by atoms with Crippen LogP contribution in [0.2, 0.25) is 0 Å². The van der Waals surface area contributed by atoms with Crippen LogP contribution in [0.4, 0.5) is 5.69 Å². The zero-order valence-corrected chi connectivity index (χ0v) is 13.8. The van der Waals surface area contributed by atoms with Crippen LogP contribution in [0.5, 0.6) is 0 Å². The van der Waals surface area contributed by atoms with E-state index in [1.165, 1.54) is 12.1 Å². The third kappa shape index (κ3) is 2.55. The highest BCUT2D eigenvalue weighted by molar-refractivity contribution is 7.93. The van der Waals surface area contributed by atoms with Crippen LogP contribution >= 0.6 is 0 Å². The normalized spacial score (nSPS) is 19.8. The van der Waals surface area contributed by atoms with Crippen LogP contribution in [0.1, 0.15) is 18.6 Å². The molecule has 2 aromatic rings. The Hall–Kier alpha value is -2.38. The second-order valence-electron chi connectivity index (χ2n) is 5.31. The van der Waals surface area contributed by atoms with Crippen LogP contribution in [0.3, 0.4) is 0 Å². The topological polar surface area (TPSA) is 83.9 Å². The van der Waals surface area contributed by atoms with Gasteiger partial charge in [-0.1, -0.05) is 36.4 Å². The molecule has 126 valence electrons. The fraction of sp³-hybridized carbons (Fsp3) is 0.235. The molecular weight excluding hydrogens is 330 g/mol. The maximum Gasteiger partial charge on any atom is 0.333 e. The molecule has 0 unspecified atom stereocenters. The molecule has 0 aromatic heterocycles. The van der Waals surface area contributed by atoms with Crippen molar-refractivity contribution >= 4 is 21.7 Å². The quantitative estimate of drug-likeness (QED) is 0.854. The molecule has 0 spiro atoms. The maximum atomic E-state index is 13.1. The van der Waals surface area contributed by atoms with Crippen LogP contribution < -0.4 is 4.31 Å². The van der Waals surface area contributed by atoms with Gasteiger partial charge in [0.05, 0.1) is 17.2 Å². The number of para-hydroxylation sites is 1. The van der Waals surface area contributed by atoms with Gasteiger partial charge in [-0.2, -0.15) is 0 Å². The largest absolute Gasteiger partial charge is 0.464 e. The van der Waals surface area contributed by atoms with Crippen molar-refractivity contribution in [3.05, 3.63) is 60.2 Å². The standard InChI is InChI=1S/C17H17NO5S/c1-2-23-17(20)15-16(19)13-10-6-7-11-14(13)18(15)24(21,22)12-8-4-3-5-9-12/h3-11,15-16,19H,2H2,1H3/t15-,16-/m1/s1. The van der Waals surface area contributed by atoms with Gasteiger partial charge >= 0.3 is 5.97 Å². The van der Waals surface area contributed by atoms with Gasteiger partial charge in [0.1, 0.15) is 6.10 Å². The van der Waals surface area contributed by atoms with Gasteiger partial charge in [0, 0.05) is 5.56 Å². The summed E-state index contributed by atoms with van der Waals surface area (Å²) in [7, 11) is -4.03. The Morgan fingerprint density at radius 3 is 2.42 bits per heavy atom. The summed E-state index contributed by atoms with van der Waals surface area (Å²) < 4.78 is 32.1. The first kappa shape index (κ1) is 16.5. The van der Waals surface area contributed by atoms with Crippen LogP contribution in [0.25, 0.3) is 0 Å². The lowest BCUT2D eigenvalue weighted by Crippen LogP contribution is -2.45. The molecule has 1 aliphatic heterocycles. The van der Waals surface area contributed by atoms with Crippen LogP contribution in [-0.4, -0.2) is 32.1 Å². The van der Waals surface area contributed by atoms with Gasteiger partial charge in [-0.3, -0.25) is 0 Å². The summed E-state index contributed by atoms with van der Waals surface area (Å²) in [6.07, 6.45) is -1.28. The molecular formula is C17H17NO5S. The maximum absolute atomic E-state index is 13.1. The van der Waals surface area contributed by atoms with Crippen LogP contribution in [0.15, 0.2) is 59.5 Å².